The Kier molecular flexibility index (Phi) is 8.15. The molecule has 1 aliphatic rings. The zero-order chi connectivity index (χ0) is 16.9. The van der Waals surface area contributed by atoms with Crippen LogP contribution >= 0.6 is 12.4 Å². The van der Waals surface area contributed by atoms with Gasteiger partial charge < -0.3 is 10.1 Å². The number of nitrogens with one attached hydrogen (secondary N) is 2. The second-order valence-corrected chi connectivity index (χ2v) is 7.48. The molecule has 1 aliphatic heterocycles. The maximum Gasteiger partial charge on any atom is 0.338 e. The molecule has 1 aromatic carbocycles. The minimum absolute atomic E-state index is 0. The van der Waals surface area contributed by atoms with Gasteiger partial charge in [-0.1, -0.05) is 6.07 Å². The van der Waals surface area contributed by atoms with Crippen molar-refractivity contribution >= 4 is 28.4 Å². The fourth-order valence-electron chi connectivity index (χ4n) is 2.67. The number of aryl methyl sites for hydroxylation is 1. The lowest BCUT2D eigenvalue weighted by molar-refractivity contribution is 0.0526. The summed E-state index contributed by atoms with van der Waals surface area (Å²) in [6.45, 7) is 6.02. The Hall–Kier alpha value is -1.15. The number of carbonyl (C=O) groups excluding carboxylic acids is 1. The average molecular weight is 377 g/mol. The summed E-state index contributed by atoms with van der Waals surface area (Å²) in [7, 11) is -3.63. The molecule has 8 heteroatoms. The molecule has 0 aromatic heterocycles. The summed E-state index contributed by atoms with van der Waals surface area (Å²) in [5, 5.41) is 3.26. The van der Waals surface area contributed by atoms with Crippen molar-refractivity contribution in [2.45, 2.75) is 31.6 Å². The molecule has 1 atom stereocenters. The van der Waals surface area contributed by atoms with Crippen LogP contribution in [-0.2, 0) is 14.8 Å². The van der Waals surface area contributed by atoms with E-state index in [1.165, 1.54) is 6.07 Å². The number of carbonyl (C=O) groups is 1. The monoisotopic (exact) mass is 376 g/mol. The van der Waals surface area contributed by atoms with Crippen LogP contribution in [0.15, 0.2) is 23.1 Å². The van der Waals surface area contributed by atoms with Gasteiger partial charge in [0.15, 0.2) is 0 Å². The van der Waals surface area contributed by atoms with Crippen LogP contribution in [0.2, 0.25) is 0 Å². The van der Waals surface area contributed by atoms with E-state index in [0.29, 0.717) is 18.0 Å². The summed E-state index contributed by atoms with van der Waals surface area (Å²) in [6, 6.07) is 4.59. The molecule has 0 radical (unpaired) electrons. The van der Waals surface area contributed by atoms with E-state index in [1.807, 2.05) is 0 Å². The number of ether oxygens (including phenoxy) is 1. The van der Waals surface area contributed by atoms with Gasteiger partial charge in [0.2, 0.25) is 10.0 Å². The normalized spacial score (nSPS) is 17.3. The van der Waals surface area contributed by atoms with Crippen molar-refractivity contribution in [1.82, 2.24) is 10.0 Å². The third-order valence-electron chi connectivity index (χ3n) is 4.00. The molecule has 1 saturated heterocycles. The van der Waals surface area contributed by atoms with E-state index in [0.717, 1.165) is 25.9 Å². The zero-order valence-corrected chi connectivity index (χ0v) is 15.6. The predicted octanol–water partition coefficient (Wildman–Crippen LogP) is 1.87. The first-order valence-electron chi connectivity index (χ1n) is 7.92. The van der Waals surface area contributed by atoms with E-state index in [4.69, 9.17) is 4.74 Å². The maximum atomic E-state index is 12.5. The molecule has 0 amide bonds. The van der Waals surface area contributed by atoms with Crippen molar-refractivity contribution in [3.63, 3.8) is 0 Å². The second kappa shape index (κ2) is 9.36. The molecule has 1 unspecified atom stereocenters. The molecular weight excluding hydrogens is 352 g/mol. The first-order chi connectivity index (χ1) is 10.9. The molecule has 0 spiro atoms. The van der Waals surface area contributed by atoms with Gasteiger partial charge in [-0.25, -0.2) is 17.9 Å². The van der Waals surface area contributed by atoms with Crippen LogP contribution in [0.5, 0.6) is 0 Å². The number of sulfonamides is 1. The van der Waals surface area contributed by atoms with E-state index < -0.39 is 16.0 Å². The molecule has 136 valence electrons. The zero-order valence-electron chi connectivity index (χ0n) is 14.0. The van der Waals surface area contributed by atoms with Crippen molar-refractivity contribution < 1.29 is 17.9 Å². The van der Waals surface area contributed by atoms with E-state index >= 15 is 0 Å². The lowest BCUT2D eigenvalue weighted by Gasteiger charge is -2.12. The van der Waals surface area contributed by atoms with Crippen LogP contribution in [-0.4, -0.2) is 40.6 Å². The first kappa shape index (κ1) is 20.9. The van der Waals surface area contributed by atoms with E-state index in [1.54, 1.807) is 26.0 Å². The fourth-order valence-corrected chi connectivity index (χ4v) is 3.98. The molecule has 0 saturated carbocycles. The molecule has 1 aromatic rings. The van der Waals surface area contributed by atoms with Crippen LogP contribution in [0.3, 0.4) is 0 Å². The SMILES string of the molecule is CCOC(=O)c1ccc(C)c(S(=O)(=O)NCCC2CCNC2)c1.Cl. The Bertz CT molecular complexity index is 658. The number of rotatable bonds is 7. The van der Waals surface area contributed by atoms with Crippen LogP contribution in [0.25, 0.3) is 0 Å². The van der Waals surface area contributed by atoms with E-state index in [9.17, 15) is 13.2 Å². The highest BCUT2D eigenvalue weighted by molar-refractivity contribution is 7.89. The largest absolute Gasteiger partial charge is 0.462 e. The van der Waals surface area contributed by atoms with E-state index in [2.05, 4.69) is 10.0 Å². The third-order valence-corrected chi connectivity index (χ3v) is 5.60. The molecular formula is C16H25ClN2O4S. The Balaban J connectivity index is 0.00000288. The van der Waals surface area contributed by atoms with Crippen molar-refractivity contribution in [2.24, 2.45) is 5.92 Å². The van der Waals surface area contributed by atoms with Crippen LogP contribution in [0.4, 0.5) is 0 Å². The van der Waals surface area contributed by atoms with E-state index in [-0.39, 0.29) is 29.5 Å². The van der Waals surface area contributed by atoms with Crippen molar-refractivity contribution in [3.05, 3.63) is 29.3 Å². The summed E-state index contributed by atoms with van der Waals surface area (Å²) in [5.41, 5.74) is 0.853. The molecule has 6 nitrogen and oxygen atoms in total. The third kappa shape index (κ3) is 5.44. The highest BCUT2D eigenvalue weighted by Crippen LogP contribution is 2.18. The van der Waals surface area contributed by atoms with Crippen LogP contribution < -0.4 is 10.0 Å². The second-order valence-electron chi connectivity index (χ2n) is 5.75. The summed E-state index contributed by atoms with van der Waals surface area (Å²) < 4.78 is 32.5. The summed E-state index contributed by atoms with van der Waals surface area (Å²) in [4.78, 5) is 11.9. The standard InChI is InChI=1S/C16H24N2O4S.ClH/c1-3-22-16(19)14-5-4-12(2)15(10-14)23(20,21)18-9-7-13-6-8-17-11-13;/h4-5,10,13,17-18H,3,6-9,11H2,1-2H3;1H. The highest BCUT2D eigenvalue weighted by atomic mass is 35.5. The maximum absolute atomic E-state index is 12.5. The van der Waals surface area contributed by atoms with Crippen LogP contribution in [0, 0.1) is 12.8 Å². The van der Waals surface area contributed by atoms with Gasteiger partial charge in [-0.15, -0.1) is 12.4 Å². The number of benzene rings is 1. The summed E-state index contributed by atoms with van der Waals surface area (Å²) in [6.07, 6.45) is 1.89. The Morgan fingerprint density at radius 2 is 2.17 bits per heavy atom. The van der Waals surface area contributed by atoms with Gasteiger partial charge in [0.05, 0.1) is 17.1 Å². The molecule has 1 fully saturated rings. The van der Waals surface area contributed by atoms with Crippen molar-refractivity contribution in [1.29, 1.82) is 0 Å². The molecule has 0 aliphatic carbocycles. The van der Waals surface area contributed by atoms with Gasteiger partial charge in [0, 0.05) is 6.54 Å². The van der Waals surface area contributed by atoms with Gasteiger partial charge in [-0.3, -0.25) is 0 Å². The smallest absolute Gasteiger partial charge is 0.338 e. The van der Waals surface area contributed by atoms with Gasteiger partial charge in [0.25, 0.3) is 0 Å². The minimum atomic E-state index is -3.63. The number of halogens is 1. The summed E-state index contributed by atoms with van der Waals surface area (Å²) >= 11 is 0. The van der Waals surface area contributed by atoms with Gasteiger partial charge >= 0.3 is 5.97 Å². The fraction of sp³-hybridized carbons (Fsp3) is 0.562. The van der Waals surface area contributed by atoms with Crippen molar-refractivity contribution in [2.75, 3.05) is 26.2 Å². The molecule has 2 N–H and O–H groups in total. The number of hydrogen-bond donors (Lipinski definition) is 2. The predicted molar refractivity (Wildman–Crippen MR) is 95.2 cm³/mol. The van der Waals surface area contributed by atoms with Gasteiger partial charge in [0.1, 0.15) is 0 Å². The lowest BCUT2D eigenvalue weighted by atomic mass is 10.1. The van der Waals surface area contributed by atoms with Crippen LogP contribution in [0.1, 0.15) is 35.7 Å². The Morgan fingerprint density at radius 3 is 2.79 bits per heavy atom. The molecule has 1 heterocycles. The quantitative estimate of drug-likeness (QED) is 0.710. The Labute approximate surface area is 149 Å². The van der Waals surface area contributed by atoms with Gasteiger partial charge in [-0.2, -0.15) is 0 Å². The first-order valence-corrected chi connectivity index (χ1v) is 9.40. The molecule has 24 heavy (non-hydrogen) atoms. The van der Waals surface area contributed by atoms with Gasteiger partial charge in [-0.05, 0) is 63.4 Å². The average Bonchev–Trinajstić information content (AvgIpc) is 3.01. The molecule has 0 bridgehead atoms. The summed E-state index contributed by atoms with van der Waals surface area (Å²) in [5.74, 6) is 0.00523. The lowest BCUT2D eigenvalue weighted by Crippen LogP contribution is -2.27. The topological polar surface area (TPSA) is 84.5 Å². The highest BCUT2D eigenvalue weighted by Gasteiger charge is 2.20. The minimum Gasteiger partial charge on any atom is -0.462 e. The Morgan fingerprint density at radius 1 is 1.42 bits per heavy atom. The molecule has 2 rings (SSSR count). The van der Waals surface area contributed by atoms with Crippen molar-refractivity contribution in [3.8, 4) is 0 Å². The number of esters is 1. The number of hydrogen-bond acceptors (Lipinski definition) is 5.